The van der Waals surface area contributed by atoms with Crippen molar-refractivity contribution in [2.75, 3.05) is 46.9 Å². The molecule has 0 aromatic heterocycles. The predicted octanol–water partition coefficient (Wildman–Crippen LogP) is 1.35. The first-order valence-electron chi connectivity index (χ1n) is 7.34. The van der Waals surface area contributed by atoms with Crippen LogP contribution in [0.4, 0.5) is 0 Å². The van der Waals surface area contributed by atoms with Crippen LogP contribution in [0.2, 0.25) is 0 Å². The van der Waals surface area contributed by atoms with Crippen LogP contribution in [0.1, 0.15) is 26.7 Å². The van der Waals surface area contributed by atoms with Crippen molar-refractivity contribution in [3.8, 4) is 6.07 Å². The highest BCUT2D eigenvalue weighted by Gasteiger charge is 2.43. The fourth-order valence-electron chi connectivity index (χ4n) is 2.43. The lowest BCUT2D eigenvalue weighted by molar-refractivity contribution is -0.144. The Kier molecular flexibility index (Phi) is 6.44. The summed E-state index contributed by atoms with van der Waals surface area (Å²) < 4.78 is 5.31. The van der Waals surface area contributed by atoms with Gasteiger partial charge in [-0.15, -0.1) is 0 Å². The summed E-state index contributed by atoms with van der Waals surface area (Å²) in [5, 5.41) is 9.51. The maximum absolute atomic E-state index is 12.8. The summed E-state index contributed by atoms with van der Waals surface area (Å²) in [6, 6.07) is 2.27. The smallest absolute Gasteiger partial charge is 0.243 e. The van der Waals surface area contributed by atoms with Crippen molar-refractivity contribution in [2.24, 2.45) is 11.3 Å². The van der Waals surface area contributed by atoms with Crippen LogP contribution in [0.25, 0.3) is 0 Å². The zero-order chi connectivity index (χ0) is 15.2. The third-order valence-electron chi connectivity index (χ3n) is 3.66. The van der Waals surface area contributed by atoms with Gasteiger partial charge in [-0.2, -0.15) is 5.26 Å². The van der Waals surface area contributed by atoms with Crippen molar-refractivity contribution in [3.63, 3.8) is 0 Å². The number of hydrogen-bond acceptors (Lipinski definition) is 4. The summed E-state index contributed by atoms with van der Waals surface area (Å²) in [5.41, 5.74) is -0.876. The first-order valence-corrected chi connectivity index (χ1v) is 7.34. The molecule has 0 saturated carbocycles. The van der Waals surface area contributed by atoms with Gasteiger partial charge in [-0.1, -0.05) is 13.8 Å². The average molecular weight is 281 g/mol. The summed E-state index contributed by atoms with van der Waals surface area (Å²) in [5.74, 6) is 0.385. The highest BCUT2D eigenvalue weighted by molar-refractivity contribution is 5.85. The van der Waals surface area contributed by atoms with Gasteiger partial charge in [0.15, 0.2) is 0 Å². The molecule has 0 radical (unpaired) electrons. The molecular weight excluding hydrogens is 254 g/mol. The monoisotopic (exact) mass is 281 g/mol. The molecule has 5 nitrogen and oxygen atoms in total. The van der Waals surface area contributed by atoms with E-state index in [1.165, 1.54) is 0 Å². The van der Waals surface area contributed by atoms with Gasteiger partial charge in [-0.3, -0.25) is 4.79 Å². The average Bonchev–Trinajstić information content (AvgIpc) is 2.42. The van der Waals surface area contributed by atoms with E-state index in [-0.39, 0.29) is 5.91 Å². The Morgan fingerprint density at radius 3 is 2.35 bits per heavy atom. The second-order valence-electron chi connectivity index (χ2n) is 6.25. The maximum Gasteiger partial charge on any atom is 0.243 e. The van der Waals surface area contributed by atoms with Gasteiger partial charge >= 0.3 is 0 Å². The fourth-order valence-corrected chi connectivity index (χ4v) is 2.43. The highest BCUT2D eigenvalue weighted by atomic mass is 16.5. The number of hydrogen-bond donors (Lipinski definition) is 0. The number of likely N-dealkylation sites (N-methyl/N-ethyl adjacent to an activating group) is 1. The lowest BCUT2D eigenvalue weighted by atomic mass is 9.80. The van der Waals surface area contributed by atoms with Gasteiger partial charge in [0.2, 0.25) is 5.91 Å². The molecule has 1 amide bonds. The van der Waals surface area contributed by atoms with Crippen molar-refractivity contribution in [2.45, 2.75) is 26.7 Å². The van der Waals surface area contributed by atoms with Gasteiger partial charge in [0.1, 0.15) is 5.41 Å². The Hall–Kier alpha value is -1.12. The van der Waals surface area contributed by atoms with E-state index in [9.17, 15) is 10.1 Å². The minimum absolute atomic E-state index is 0.0150. The number of amides is 1. The van der Waals surface area contributed by atoms with Crippen molar-refractivity contribution in [1.29, 1.82) is 5.26 Å². The van der Waals surface area contributed by atoms with Crippen molar-refractivity contribution < 1.29 is 9.53 Å². The summed E-state index contributed by atoms with van der Waals surface area (Å²) in [6.45, 7) is 7.39. The first kappa shape index (κ1) is 16.9. The predicted molar refractivity (Wildman–Crippen MR) is 78.1 cm³/mol. The van der Waals surface area contributed by atoms with E-state index in [2.05, 4.69) is 24.8 Å². The zero-order valence-electron chi connectivity index (χ0n) is 13.2. The molecule has 0 unspecified atom stereocenters. The summed E-state index contributed by atoms with van der Waals surface area (Å²) in [4.78, 5) is 16.7. The highest BCUT2D eigenvalue weighted by Crippen LogP contribution is 2.32. The minimum Gasteiger partial charge on any atom is -0.381 e. The molecule has 20 heavy (non-hydrogen) atoms. The van der Waals surface area contributed by atoms with Crippen LogP contribution in [0.3, 0.4) is 0 Å². The molecule has 0 spiro atoms. The summed E-state index contributed by atoms with van der Waals surface area (Å²) in [7, 11) is 3.99. The minimum atomic E-state index is -0.876. The number of carbonyl (C=O) groups excluding carboxylic acids is 1. The first-order chi connectivity index (χ1) is 9.41. The van der Waals surface area contributed by atoms with E-state index in [1.807, 2.05) is 19.0 Å². The van der Waals surface area contributed by atoms with Gasteiger partial charge < -0.3 is 14.5 Å². The molecule has 114 valence electrons. The lowest BCUT2D eigenvalue weighted by Gasteiger charge is -2.36. The van der Waals surface area contributed by atoms with Gasteiger partial charge in [-0.25, -0.2) is 0 Å². The number of ether oxygens (including phenoxy) is 1. The Bertz CT molecular complexity index is 355. The molecule has 1 aliphatic heterocycles. The maximum atomic E-state index is 12.8. The second kappa shape index (κ2) is 7.61. The molecule has 0 aromatic rings. The Morgan fingerprint density at radius 2 is 1.90 bits per heavy atom. The Morgan fingerprint density at radius 1 is 1.30 bits per heavy atom. The van der Waals surface area contributed by atoms with Gasteiger partial charge in [0.25, 0.3) is 0 Å². The molecule has 1 rings (SSSR count). The molecule has 1 fully saturated rings. The van der Waals surface area contributed by atoms with Crippen molar-refractivity contribution in [3.05, 3.63) is 0 Å². The summed E-state index contributed by atoms with van der Waals surface area (Å²) in [6.07, 6.45) is 1.03. The van der Waals surface area contributed by atoms with E-state index in [0.717, 1.165) is 6.54 Å². The van der Waals surface area contributed by atoms with E-state index >= 15 is 0 Å². The van der Waals surface area contributed by atoms with Crippen molar-refractivity contribution >= 4 is 5.91 Å². The number of nitrogens with zero attached hydrogens (tertiary/aromatic N) is 3. The van der Waals surface area contributed by atoms with Crippen LogP contribution in [0.15, 0.2) is 0 Å². The molecule has 0 aliphatic carbocycles. The summed E-state index contributed by atoms with van der Waals surface area (Å²) >= 11 is 0. The lowest BCUT2D eigenvalue weighted by Crippen LogP contribution is -2.49. The van der Waals surface area contributed by atoms with Gasteiger partial charge in [-0.05, 0) is 32.9 Å². The third kappa shape index (κ3) is 4.46. The zero-order valence-corrected chi connectivity index (χ0v) is 13.2. The Balaban J connectivity index is 2.81. The van der Waals surface area contributed by atoms with Crippen molar-refractivity contribution in [1.82, 2.24) is 9.80 Å². The van der Waals surface area contributed by atoms with Crippen LogP contribution in [0, 0.1) is 22.7 Å². The molecule has 0 atom stereocenters. The largest absolute Gasteiger partial charge is 0.381 e. The number of carbonyl (C=O) groups is 1. The van der Waals surface area contributed by atoms with Crippen LogP contribution in [0.5, 0.6) is 0 Å². The van der Waals surface area contributed by atoms with E-state index in [1.54, 1.807) is 0 Å². The second-order valence-corrected chi connectivity index (χ2v) is 6.25. The molecular formula is C15H27N3O2. The van der Waals surface area contributed by atoms with E-state index in [0.29, 0.717) is 45.1 Å². The fraction of sp³-hybridized carbons (Fsp3) is 0.867. The molecule has 1 heterocycles. The number of nitriles is 1. The third-order valence-corrected chi connectivity index (χ3v) is 3.66. The Labute approximate surface area is 122 Å². The quantitative estimate of drug-likeness (QED) is 0.737. The van der Waals surface area contributed by atoms with Gasteiger partial charge in [0.05, 0.1) is 6.07 Å². The SMILES string of the molecule is CC(C)CN(CCN(C)C)C(=O)C1(C#N)CCOCC1. The van der Waals surface area contributed by atoms with E-state index < -0.39 is 5.41 Å². The normalized spacial score (nSPS) is 18.1. The van der Waals surface area contributed by atoms with Crippen LogP contribution in [-0.2, 0) is 9.53 Å². The number of rotatable bonds is 6. The molecule has 5 heteroatoms. The topological polar surface area (TPSA) is 56.6 Å². The molecule has 0 aromatic carbocycles. The van der Waals surface area contributed by atoms with Crippen LogP contribution in [-0.4, -0.2) is 62.7 Å². The molecule has 1 aliphatic rings. The molecule has 0 N–H and O–H groups in total. The van der Waals surface area contributed by atoms with Crippen LogP contribution >= 0.6 is 0 Å². The molecule has 1 saturated heterocycles. The van der Waals surface area contributed by atoms with Gasteiger partial charge in [0, 0.05) is 32.8 Å². The van der Waals surface area contributed by atoms with Crippen LogP contribution < -0.4 is 0 Å². The van der Waals surface area contributed by atoms with E-state index in [4.69, 9.17) is 4.74 Å². The standard InChI is InChI=1S/C15H27N3O2/c1-13(2)11-18(8-7-17(3)4)14(19)15(12-16)5-9-20-10-6-15/h13H,5-11H2,1-4H3. The molecule has 0 bridgehead atoms.